The molecule has 27 heavy (non-hydrogen) atoms. The predicted octanol–water partition coefficient (Wildman–Crippen LogP) is 1.35. The highest BCUT2D eigenvalue weighted by atomic mass is 32.2. The van der Waals surface area contributed by atoms with Crippen molar-refractivity contribution >= 4 is 27.6 Å². The lowest BCUT2D eigenvalue weighted by Crippen LogP contribution is -2.47. The van der Waals surface area contributed by atoms with Gasteiger partial charge in [0.1, 0.15) is 5.82 Å². The van der Waals surface area contributed by atoms with Crippen molar-refractivity contribution in [2.24, 2.45) is 5.73 Å². The van der Waals surface area contributed by atoms with Gasteiger partial charge in [0.25, 0.3) is 5.91 Å². The van der Waals surface area contributed by atoms with E-state index in [1.165, 1.54) is 17.0 Å². The van der Waals surface area contributed by atoms with E-state index >= 15 is 0 Å². The van der Waals surface area contributed by atoms with Crippen molar-refractivity contribution in [2.75, 3.05) is 31.5 Å². The van der Waals surface area contributed by atoms with E-state index in [1.807, 2.05) is 0 Å². The summed E-state index contributed by atoms with van der Waals surface area (Å²) in [4.78, 5) is 24.9. The van der Waals surface area contributed by atoms with E-state index in [2.05, 4.69) is 5.32 Å². The molecule has 2 heterocycles. The summed E-state index contributed by atoms with van der Waals surface area (Å²) in [5.41, 5.74) is 5.00. The minimum Gasteiger partial charge on any atom is -0.366 e. The van der Waals surface area contributed by atoms with E-state index in [-0.39, 0.29) is 11.3 Å². The molecule has 2 aliphatic heterocycles. The number of nitrogens with zero attached hydrogens (tertiary/aromatic N) is 2. The number of primary amides is 1. The Balaban J connectivity index is 1.57. The monoisotopic (exact) mass is 398 g/mol. The van der Waals surface area contributed by atoms with Crippen molar-refractivity contribution in [1.29, 1.82) is 0 Å². The van der Waals surface area contributed by atoms with Crippen molar-refractivity contribution in [3.05, 3.63) is 29.6 Å². The third kappa shape index (κ3) is 4.22. The summed E-state index contributed by atoms with van der Waals surface area (Å²) in [6, 6.07) is 3.20. The highest BCUT2D eigenvalue weighted by Gasteiger charge is 2.36. The molecule has 148 valence electrons. The minimum atomic E-state index is -3.31. The van der Waals surface area contributed by atoms with Crippen molar-refractivity contribution < 1.29 is 22.4 Å². The first kappa shape index (κ1) is 19.6. The topological polar surface area (TPSA) is 113 Å². The van der Waals surface area contributed by atoms with Crippen LogP contribution in [0.2, 0.25) is 0 Å². The molecule has 0 radical (unpaired) electrons. The molecule has 0 saturated carbocycles. The van der Waals surface area contributed by atoms with Crippen molar-refractivity contribution in [3.63, 3.8) is 0 Å². The molecule has 3 N–H and O–H groups in total. The molecule has 2 aliphatic rings. The van der Waals surface area contributed by atoms with Crippen LogP contribution < -0.4 is 11.1 Å². The fourth-order valence-corrected chi connectivity index (χ4v) is 5.50. The number of anilines is 1. The van der Waals surface area contributed by atoms with Crippen LogP contribution in [0.4, 0.5) is 14.9 Å². The summed E-state index contributed by atoms with van der Waals surface area (Å²) in [7, 11) is -3.31. The van der Waals surface area contributed by atoms with Crippen LogP contribution in [0, 0.1) is 5.82 Å². The van der Waals surface area contributed by atoms with E-state index in [1.54, 1.807) is 4.31 Å². The molecule has 0 unspecified atom stereocenters. The van der Waals surface area contributed by atoms with Gasteiger partial charge in [-0.1, -0.05) is 0 Å². The van der Waals surface area contributed by atoms with E-state index in [9.17, 15) is 22.4 Å². The molecule has 2 saturated heterocycles. The second kappa shape index (κ2) is 7.81. The Labute approximate surface area is 157 Å². The lowest BCUT2D eigenvalue weighted by Gasteiger charge is -2.33. The first-order chi connectivity index (χ1) is 12.8. The maximum absolute atomic E-state index is 13.8. The number of sulfonamides is 1. The summed E-state index contributed by atoms with van der Waals surface area (Å²) >= 11 is 0. The molecule has 1 aromatic rings. The number of nitrogens with two attached hydrogens (primary N) is 1. The summed E-state index contributed by atoms with van der Waals surface area (Å²) < 4.78 is 40.6. The molecule has 0 atom stereocenters. The first-order valence-electron chi connectivity index (χ1n) is 8.93. The standard InChI is InChI=1S/C17H23FN4O4S/c18-15-11-12(3-4-14(15)16(19)23)20-17(24)21-9-5-13(6-10-21)27(25,26)22-7-1-2-8-22/h3-4,11,13H,1-2,5-10H2,(H2,19,23)(H,20,24). The number of halogens is 1. The SMILES string of the molecule is NC(=O)c1ccc(NC(=O)N2CCC(S(=O)(=O)N3CCCC3)CC2)cc1F. The van der Waals surface area contributed by atoms with Crippen molar-refractivity contribution in [2.45, 2.75) is 30.9 Å². The third-order valence-corrected chi connectivity index (χ3v) is 7.46. The molecule has 8 nitrogen and oxygen atoms in total. The predicted molar refractivity (Wildman–Crippen MR) is 98.3 cm³/mol. The van der Waals surface area contributed by atoms with Crippen LogP contribution in [0.3, 0.4) is 0 Å². The number of carbonyl (C=O) groups is 2. The summed E-state index contributed by atoms with van der Waals surface area (Å²) in [6.45, 7) is 1.78. The number of hydrogen-bond donors (Lipinski definition) is 2. The Bertz CT molecular complexity index is 831. The molecule has 1 aromatic carbocycles. The maximum atomic E-state index is 13.8. The number of nitrogens with one attached hydrogen (secondary N) is 1. The smallest absolute Gasteiger partial charge is 0.321 e. The molecule has 0 bridgehead atoms. The van der Waals surface area contributed by atoms with Crippen LogP contribution in [0.1, 0.15) is 36.0 Å². The van der Waals surface area contributed by atoms with Gasteiger partial charge < -0.3 is 16.0 Å². The quantitative estimate of drug-likeness (QED) is 0.797. The van der Waals surface area contributed by atoms with Gasteiger partial charge >= 0.3 is 6.03 Å². The fraction of sp³-hybridized carbons (Fsp3) is 0.529. The second-order valence-corrected chi connectivity index (χ2v) is 9.04. The first-order valence-corrected chi connectivity index (χ1v) is 10.4. The Kier molecular flexibility index (Phi) is 5.66. The number of carbonyl (C=O) groups excluding carboxylic acids is 2. The fourth-order valence-electron chi connectivity index (χ4n) is 3.51. The number of likely N-dealkylation sites (tertiary alicyclic amines) is 1. The number of urea groups is 1. The van der Waals surface area contributed by atoms with Gasteiger partial charge in [-0.3, -0.25) is 4.79 Å². The molecule has 0 aliphatic carbocycles. The molecule has 0 spiro atoms. The molecular weight excluding hydrogens is 375 g/mol. The molecule has 3 rings (SSSR count). The van der Waals surface area contributed by atoms with Crippen LogP contribution >= 0.6 is 0 Å². The summed E-state index contributed by atoms with van der Waals surface area (Å²) in [6.07, 6.45) is 2.54. The van der Waals surface area contributed by atoms with Gasteiger partial charge in [-0.15, -0.1) is 0 Å². The number of benzene rings is 1. The van der Waals surface area contributed by atoms with Crippen LogP contribution in [-0.4, -0.2) is 61.0 Å². The van der Waals surface area contributed by atoms with E-state index < -0.39 is 33.0 Å². The lowest BCUT2D eigenvalue weighted by atomic mass is 10.1. The number of rotatable bonds is 4. The Morgan fingerprint density at radius 1 is 1.11 bits per heavy atom. The van der Waals surface area contributed by atoms with Crippen molar-refractivity contribution in [1.82, 2.24) is 9.21 Å². The number of piperidine rings is 1. The van der Waals surface area contributed by atoms with Crippen LogP contribution in [0.25, 0.3) is 0 Å². The maximum Gasteiger partial charge on any atom is 0.321 e. The van der Waals surface area contributed by atoms with Crippen molar-refractivity contribution in [3.8, 4) is 0 Å². The zero-order valence-corrected chi connectivity index (χ0v) is 15.7. The Morgan fingerprint density at radius 2 is 1.74 bits per heavy atom. The normalized spacial score (nSPS) is 19.2. The van der Waals surface area contributed by atoms with Gasteiger partial charge in [0.05, 0.1) is 10.8 Å². The van der Waals surface area contributed by atoms with Crippen LogP contribution in [-0.2, 0) is 10.0 Å². The Hall–Kier alpha value is -2.20. The van der Waals surface area contributed by atoms with E-state index in [0.29, 0.717) is 39.0 Å². The average molecular weight is 398 g/mol. The van der Waals surface area contributed by atoms with Gasteiger partial charge in [-0.05, 0) is 43.9 Å². The van der Waals surface area contributed by atoms with E-state index in [4.69, 9.17) is 5.73 Å². The van der Waals surface area contributed by atoms with E-state index in [0.717, 1.165) is 18.9 Å². The number of amides is 3. The van der Waals surface area contributed by atoms with Crippen LogP contribution in [0.5, 0.6) is 0 Å². The van der Waals surface area contributed by atoms with Gasteiger partial charge in [-0.25, -0.2) is 21.9 Å². The summed E-state index contributed by atoms with van der Waals surface area (Å²) in [5.74, 6) is -1.69. The zero-order chi connectivity index (χ0) is 19.6. The second-order valence-electron chi connectivity index (χ2n) is 6.83. The summed E-state index contributed by atoms with van der Waals surface area (Å²) in [5, 5.41) is 2.10. The minimum absolute atomic E-state index is 0.203. The molecular formula is C17H23FN4O4S. The van der Waals surface area contributed by atoms with Gasteiger partial charge in [0, 0.05) is 31.9 Å². The largest absolute Gasteiger partial charge is 0.366 e. The highest BCUT2D eigenvalue weighted by Crippen LogP contribution is 2.25. The molecule has 3 amide bonds. The highest BCUT2D eigenvalue weighted by molar-refractivity contribution is 7.89. The number of hydrogen-bond acceptors (Lipinski definition) is 4. The van der Waals surface area contributed by atoms with Crippen LogP contribution in [0.15, 0.2) is 18.2 Å². The van der Waals surface area contributed by atoms with Gasteiger partial charge in [-0.2, -0.15) is 0 Å². The Morgan fingerprint density at radius 3 is 2.30 bits per heavy atom. The third-order valence-electron chi connectivity index (χ3n) is 5.06. The molecule has 0 aromatic heterocycles. The zero-order valence-electron chi connectivity index (χ0n) is 14.9. The average Bonchev–Trinajstić information content (AvgIpc) is 3.17. The molecule has 10 heteroatoms. The molecule has 2 fully saturated rings. The van der Waals surface area contributed by atoms with Gasteiger partial charge in [0.15, 0.2) is 0 Å². The van der Waals surface area contributed by atoms with Gasteiger partial charge in [0.2, 0.25) is 10.0 Å². The lowest BCUT2D eigenvalue weighted by molar-refractivity contribution is 0.0996.